The summed E-state index contributed by atoms with van der Waals surface area (Å²) < 4.78 is 7.47. The standard InChI is InChI=1S/C13H10N2OS/c17-13-15(9-10-5-3-4-8-14-10)11-6-1-2-7-12(11)16-13/h1-8H,9H2. The van der Waals surface area contributed by atoms with Crippen LogP contribution >= 0.6 is 12.2 Å². The molecule has 84 valence electrons. The van der Waals surface area contributed by atoms with Gasteiger partial charge in [-0.25, -0.2) is 0 Å². The van der Waals surface area contributed by atoms with E-state index < -0.39 is 0 Å². The van der Waals surface area contributed by atoms with Gasteiger partial charge in [0.05, 0.1) is 17.8 Å². The van der Waals surface area contributed by atoms with Crippen LogP contribution in [-0.2, 0) is 6.54 Å². The SMILES string of the molecule is S=c1oc2ccccc2n1Cc1ccccn1. The highest BCUT2D eigenvalue weighted by molar-refractivity contribution is 7.71. The Labute approximate surface area is 103 Å². The second-order valence-electron chi connectivity index (χ2n) is 3.74. The van der Waals surface area contributed by atoms with Gasteiger partial charge in [-0.15, -0.1) is 0 Å². The third-order valence-electron chi connectivity index (χ3n) is 2.62. The maximum absolute atomic E-state index is 5.52. The van der Waals surface area contributed by atoms with Crippen molar-refractivity contribution in [3.63, 3.8) is 0 Å². The first-order valence-corrected chi connectivity index (χ1v) is 5.74. The minimum Gasteiger partial charge on any atom is -0.429 e. The summed E-state index contributed by atoms with van der Waals surface area (Å²) in [5.74, 6) is 0. The molecule has 2 heterocycles. The molecule has 17 heavy (non-hydrogen) atoms. The molecule has 1 aromatic carbocycles. The Bertz CT molecular complexity index is 700. The van der Waals surface area contributed by atoms with E-state index in [1.807, 2.05) is 47.0 Å². The molecule has 2 aromatic heterocycles. The molecule has 0 atom stereocenters. The van der Waals surface area contributed by atoms with Gasteiger partial charge in [-0.3, -0.25) is 9.55 Å². The molecule has 0 fully saturated rings. The van der Waals surface area contributed by atoms with Crippen molar-refractivity contribution < 1.29 is 4.42 Å². The van der Waals surface area contributed by atoms with Crippen LogP contribution in [0.15, 0.2) is 53.1 Å². The molecule has 0 aliphatic heterocycles. The fourth-order valence-corrected chi connectivity index (χ4v) is 2.07. The average molecular weight is 242 g/mol. The van der Waals surface area contributed by atoms with Gasteiger partial charge in [0, 0.05) is 6.20 Å². The second kappa shape index (κ2) is 4.14. The van der Waals surface area contributed by atoms with Crippen LogP contribution in [0.4, 0.5) is 0 Å². The molecule has 0 bridgehead atoms. The van der Waals surface area contributed by atoms with Crippen molar-refractivity contribution in [1.82, 2.24) is 9.55 Å². The maximum Gasteiger partial charge on any atom is 0.269 e. The van der Waals surface area contributed by atoms with Crippen molar-refractivity contribution in [2.75, 3.05) is 0 Å². The monoisotopic (exact) mass is 242 g/mol. The first-order chi connectivity index (χ1) is 8.34. The van der Waals surface area contributed by atoms with Crippen LogP contribution in [0.3, 0.4) is 0 Å². The second-order valence-corrected chi connectivity index (χ2v) is 4.09. The maximum atomic E-state index is 5.52. The lowest BCUT2D eigenvalue weighted by atomic mass is 10.3. The van der Waals surface area contributed by atoms with E-state index in [0.29, 0.717) is 11.4 Å². The summed E-state index contributed by atoms with van der Waals surface area (Å²) in [4.78, 5) is 4.78. The summed E-state index contributed by atoms with van der Waals surface area (Å²) in [5, 5.41) is 0. The molecule has 0 N–H and O–H groups in total. The van der Waals surface area contributed by atoms with E-state index in [0.717, 1.165) is 16.8 Å². The van der Waals surface area contributed by atoms with E-state index >= 15 is 0 Å². The summed E-state index contributed by atoms with van der Waals surface area (Å²) in [7, 11) is 0. The minimum atomic E-state index is 0.483. The van der Waals surface area contributed by atoms with E-state index in [9.17, 15) is 0 Å². The van der Waals surface area contributed by atoms with Crippen LogP contribution in [-0.4, -0.2) is 9.55 Å². The number of hydrogen-bond donors (Lipinski definition) is 0. The van der Waals surface area contributed by atoms with E-state index in [2.05, 4.69) is 4.98 Å². The van der Waals surface area contributed by atoms with Crippen molar-refractivity contribution in [2.45, 2.75) is 6.54 Å². The number of oxazole rings is 1. The first kappa shape index (κ1) is 10.2. The number of fused-ring (bicyclic) bond motifs is 1. The lowest BCUT2D eigenvalue weighted by Crippen LogP contribution is -2.00. The Hall–Kier alpha value is -1.94. The molecule has 0 aliphatic rings. The lowest BCUT2D eigenvalue weighted by Gasteiger charge is -2.01. The zero-order valence-electron chi connectivity index (χ0n) is 9.04. The highest BCUT2D eigenvalue weighted by Crippen LogP contribution is 2.17. The highest BCUT2D eigenvalue weighted by atomic mass is 32.1. The Morgan fingerprint density at radius 2 is 1.94 bits per heavy atom. The van der Waals surface area contributed by atoms with Crippen LogP contribution in [0.2, 0.25) is 0 Å². The van der Waals surface area contributed by atoms with E-state index in [-0.39, 0.29) is 0 Å². The quantitative estimate of drug-likeness (QED) is 0.645. The Kier molecular flexibility index (Phi) is 2.49. The number of nitrogens with zero attached hydrogens (tertiary/aromatic N) is 2. The summed E-state index contributed by atoms with van der Waals surface area (Å²) >= 11 is 5.22. The van der Waals surface area contributed by atoms with Gasteiger partial charge in [-0.2, -0.15) is 0 Å². The average Bonchev–Trinajstić information content (AvgIpc) is 2.68. The molecule has 3 rings (SSSR count). The summed E-state index contributed by atoms with van der Waals surface area (Å²) in [6, 6.07) is 13.7. The van der Waals surface area contributed by atoms with Crippen LogP contribution < -0.4 is 0 Å². The summed E-state index contributed by atoms with van der Waals surface area (Å²) in [5.41, 5.74) is 2.78. The predicted molar refractivity (Wildman–Crippen MR) is 68.4 cm³/mol. The van der Waals surface area contributed by atoms with E-state index in [1.165, 1.54) is 0 Å². The Morgan fingerprint density at radius 1 is 1.12 bits per heavy atom. The van der Waals surface area contributed by atoms with Gasteiger partial charge in [0.1, 0.15) is 0 Å². The number of rotatable bonds is 2. The molecule has 0 saturated heterocycles. The normalized spacial score (nSPS) is 10.8. The number of benzene rings is 1. The van der Waals surface area contributed by atoms with Gasteiger partial charge in [0.25, 0.3) is 4.84 Å². The van der Waals surface area contributed by atoms with Crippen LogP contribution in [0.5, 0.6) is 0 Å². The first-order valence-electron chi connectivity index (χ1n) is 5.33. The van der Waals surface area contributed by atoms with E-state index in [1.54, 1.807) is 6.20 Å². The number of aromatic nitrogens is 2. The molecule has 3 nitrogen and oxygen atoms in total. The molecule has 4 heteroatoms. The van der Waals surface area contributed by atoms with Gasteiger partial charge in [-0.1, -0.05) is 18.2 Å². The molecule has 0 amide bonds. The van der Waals surface area contributed by atoms with Gasteiger partial charge in [-0.05, 0) is 36.5 Å². The van der Waals surface area contributed by atoms with Crippen LogP contribution in [0, 0.1) is 4.84 Å². The number of para-hydroxylation sites is 2. The van der Waals surface area contributed by atoms with Crippen molar-refractivity contribution in [2.24, 2.45) is 0 Å². The number of pyridine rings is 1. The third-order valence-corrected chi connectivity index (χ3v) is 2.92. The Balaban J connectivity index is 2.12. The molecule has 3 aromatic rings. The van der Waals surface area contributed by atoms with Gasteiger partial charge < -0.3 is 4.42 Å². The predicted octanol–water partition coefficient (Wildman–Crippen LogP) is 3.41. The zero-order valence-corrected chi connectivity index (χ0v) is 9.85. The third kappa shape index (κ3) is 1.87. The summed E-state index contributed by atoms with van der Waals surface area (Å²) in [6.07, 6.45) is 1.78. The molecule has 0 aliphatic carbocycles. The van der Waals surface area contributed by atoms with Crippen molar-refractivity contribution >= 4 is 23.3 Å². The molecule has 0 unspecified atom stereocenters. The van der Waals surface area contributed by atoms with Gasteiger partial charge in [0.15, 0.2) is 5.58 Å². The zero-order chi connectivity index (χ0) is 11.7. The van der Waals surface area contributed by atoms with Gasteiger partial charge >= 0.3 is 0 Å². The van der Waals surface area contributed by atoms with Crippen molar-refractivity contribution in [1.29, 1.82) is 0 Å². The fourth-order valence-electron chi connectivity index (χ4n) is 1.82. The largest absolute Gasteiger partial charge is 0.429 e. The highest BCUT2D eigenvalue weighted by Gasteiger charge is 2.06. The van der Waals surface area contributed by atoms with Crippen LogP contribution in [0.1, 0.15) is 5.69 Å². The summed E-state index contributed by atoms with van der Waals surface area (Å²) in [6.45, 7) is 0.636. The van der Waals surface area contributed by atoms with Gasteiger partial charge in [0.2, 0.25) is 0 Å². The molecule has 0 spiro atoms. The van der Waals surface area contributed by atoms with Crippen molar-refractivity contribution in [3.05, 3.63) is 59.2 Å². The topological polar surface area (TPSA) is 31.0 Å². The van der Waals surface area contributed by atoms with Crippen LogP contribution in [0.25, 0.3) is 11.1 Å². The fraction of sp³-hybridized carbons (Fsp3) is 0.0769. The Morgan fingerprint density at radius 3 is 2.76 bits per heavy atom. The van der Waals surface area contributed by atoms with Crippen molar-refractivity contribution in [3.8, 4) is 0 Å². The minimum absolute atomic E-state index is 0.483. The molecular weight excluding hydrogens is 232 g/mol. The smallest absolute Gasteiger partial charge is 0.269 e. The lowest BCUT2D eigenvalue weighted by molar-refractivity contribution is 0.547. The molecule has 0 radical (unpaired) electrons. The van der Waals surface area contributed by atoms with E-state index in [4.69, 9.17) is 16.6 Å². The molecular formula is C13H10N2OS. The number of hydrogen-bond acceptors (Lipinski definition) is 3. The molecule has 0 saturated carbocycles.